The van der Waals surface area contributed by atoms with Crippen molar-refractivity contribution in [2.45, 2.75) is 38.3 Å². The number of nitrogens with two attached hydrogens (primary N) is 1. The molecule has 4 heteroatoms. The maximum atomic E-state index is 9.21. The second-order valence-corrected chi connectivity index (χ2v) is 5.85. The van der Waals surface area contributed by atoms with Gasteiger partial charge in [-0.3, -0.25) is 0 Å². The van der Waals surface area contributed by atoms with Gasteiger partial charge in [0.15, 0.2) is 0 Å². The Morgan fingerprint density at radius 1 is 1.50 bits per heavy atom. The van der Waals surface area contributed by atoms with E-state index in [9.17, 15) is 5.11 Å². The minimum Gasteiger partial charge on any atom is -0.395 e. The van der Waals surface area contributed by atoms with E-state index in [1.807, 2.05) is 6.92 Å². The molecule has 0 aromatic heterocycles. The van der Waals surface area contributed by atoms with Crippen molar-refractivity contribution >= 4 is 21.6 Å². The molecular weight excluding hydrogens is 292 g/mol. The topological polar surface area (TPSA) is 49.5 Å². The Hall–Kier alpha value is -0.580. The van der Waals surface area contributed by atoms with Gasteiger partial charge in [-0.1, -0.05) is 22.0 Å². The Labute approximate surface area is 117 Å². The Morgan fingerprint density at radius 3 is 2.67 bits per heavy atom. The summed E-state index contributed by atoms with van der Waals surface area (Å²) in [5, 5.41) is 9.21. The van der Waals surface area contributed by atoms with Crippen molar-refractivity contribution in [2.24, 2.45) is 5.73 Å². The summed E-state index contributed by atoms with van der Waals surface area (Å²) in [5.41, 5.74) is 8.21. The molecule has 0 radical (unpaired) electrons. The minimum absolute atomic E-state index is 0.0309. The molecule has 3 N–H and O–H groups in total. The summed E-state index contributed by atoms with van der Waals surface area (Å²) in [6.07, 6.45) is 3.75. The Bertz CT molecular complexity index is 405. The van der Waals surface area contributed by atoms with Crippen LogP contribution in [0.25, 0.3) is 0 Å². The number of hydrogen-bond donors (Lipinski definition) is 2. The average molecular weight is 313 g/mol. The second kappa shape index (κ2) is 6.04. The van der Waals surface area contributed by atoms with Crippen molar-refractivity contribution in [1.82, 2.24) is 0 Å². The smallest absolute Gasteiger partial charge is 0.0606 e. The normalized spacial score (nSPS) is 17.3. The van der Waals surface area contributed by atoms with Gasteiger partial charge in [-0.25, -0.2) is 0 Å². The highest BCUT2D eigenvalue weighted by atomic mass is 79.9. The van der Waals surface area contributed by atoms with Crippen molar-refractivity contribution in [1.29, 1.82) is 0 Å². The van der Waals surface area contributed by atoms with Crippen LogP contribution < -0.4 is 10.6 Å². The molecule has 18 heavy (non-hydrogen) atoms. The van der Waals surface area contributed by atoms with Crippen molar-refractivity contribution < 1.29 is 5.11 Å². The lowest BCUT2D eigenvalue weighted by Gasteiger charge is -2.39. The lowest BCUT2D eigenvalue weighted by Crippen LogP contribution is -2.42. The van der Waals surface area contributed by atoms with Gasteiger partial charge < -0.3 is 15.7 Å². The molecule has 0 amide bonds. The number of halogens is 1. The van der Waals surface area contributed by atoms with E-state index in [2.05, 4.69) is 39.0 Å². The summed E-state index contributed by atoms with van der Waals surface area (Å²) < 4.78 is 1.05. The number of nitrogens with zero attached hydrogens (tertiary/aromatic N) is 1. The molecule has 1 fully saturated rings. The fraction of sp³-hybridized carbons (Fsp3) is 0.571. The van der Waals surface area contributed by atoms with Crippen LogP contribution >= 0.6 is 15.9 Å². The molecule has 0 aliphatic heterocycles. The van der Waals surface area contributed by atoms with Gasteiger partial charge in [0.05, 0.1) is 6.61 Å². The van der Waals surface area contributed by atoms with Crippen LogP contribution in [0.15, 0.2) is 22.7 Å². The Kier molecular flexibility index (Phi) is 4.65. The number of hydrogen-bond acceptors (Lipinski definition) is 3. The minimum atomic E-state index is 0.0309. The first-order valence-corrected chi connectivity index (χ1v) is 7.35. The van der Waals surface area contributed by atoms with Crippen molar-refractivity contribution in [3.63, 3.8) is 0 Å². The van der Waals surface area contributed by atoms with Gasteiger partial charge in [-0.2, -0.15) is 0 Å². The number of aliphatic hydroxyl groups excluding tert-OH is 1. The third kappa shape index (κ3) is 2.87. The summed E-state index contributed by atoms with van der Waals surface area (Å²) >= 11 is 3.59. The predicted molar refractivity (Wildman–Crippen MR) is 78.8 cm³/mol. The van der Waals surface area contributed by atoms with Crippen LogP contribution in [0.4, 0.5) is 5.69 Å². The third-order valence-corrected chi connectivity index (χ3v) is 4.35. The third-order valence-electron chi connectivity index (χ3n) is 3.66. The van der Waals surface area contributed by atoms with Gasteiger partial charge in [0.2, 0.25) is 0 Å². The molecule has 1 aromatic rings. The lowest BCUT2D eigenvalue weighted by atomic mass is 9.91. The van der Waals surface area contributed by atoms with Gasteiger partial charge in [-0.05, 0) is 43.9 Å². The van der Waals surface area contributed by atoms with E-state index in [-0.39, 0.29) is 12.6 Å². The number of benzene rings is 1. The average Bonchev–Trinajstić information content (AvgIpc) is 2.25. The zero-order chi connectivity index (χ0) is 13.1. The molecule has 0 heterocycles. The Morgan fingerprint density at radius 2 is 2.22 bits per heavy atom. The van der Waals surface area contributed by atoms with Gasteiger partial charge in [0, 0.05) is 28.8 Å². The number of aliphatic hydroxyl groups is 1. The largest absolute Gasteiger partial charge is 0.395 e. The van der Waals surface area contributed by atoms with Crippen molar-refractivity contribution in [3.8, 4) is 0 Å². The highest BCUT2D eigenvalue weighted by molar-refractivity contribution is 9.10. The van der Waals surface area contributed by atoms with Crippen LogP contribution in [-0.2, 0) is 0 Å². The zero-order valence-electron chi connectivity index (χ0n) is 10.8. The summed E-state index contributed by atoms with van der Waals surface area (Å²) in [6.45, 7) is 2.88. The first kappa shape index (κ1) is 13.8. The molecular formula is C14H21BrN2O. The monoisotopic (exact) mass is 312 g/mol. The molecule has 1 aromatic carbocycles. The zero-order valence-corrected chi connectivity index (χ0v) is 12.4. The Balaban J connectivity index is 2.22. The summed E-state index contributed by atoms with van der Waals surface area (Å²) in [6, 6.07) is 6.92. The van der Waals surface area contributed by atoms with Crippen molar-refractivity contribution in [3.05, 3.63) is 28.2 Å². The summed E-state index contributed by atoms with van der Waals surface area (Å²) in [7, 11) is 0. The molecule has 2 rings (SSSR count). The summed E-state index contributed by atoms with van der Waals surface area (Å²) in [5.74, 6) is 0. The highest BCUT2D eigenvalue weighted by Gasteiger charge is 2.25. The highest BCUT2D eigenvalue weighted by Crippen LogP contribution is 2.33. The molecule has 0 saturated heterocycles. The van der Waals surface area contributed by atoms with E-state index in [4.69, 9.17) is 5.73 Å². The fourth-order valence-corrected chi connectivity index (χ4v) is 3.12. The summed E-state index contributed by atoms with van der Waals surface area (Å²) in [4.78, 5) is 2.30. The quantitative estimate of drug-likeness (QED) is 0.879. The first-order chi connectivity index (χ1) is 8.63. The standard InChI is InChI=1S/C14H21BrN2O/c1-10(16)13-6-5-12(9-14(13)15)17(7-8-18)11-3-2-4-11/h5-6,9-11,18H,2-4,7-8,16H2,1H3/t10-/m1/s1. The van der Waals surface area contributed by atoms with E-state index in [1.54, 1.807) is 0 Å². The van der Waals surface area contributed by atoms with Crippen LogP contribution in [0.2, 0.25) is 0 Å². The lowest BCUT2D eigenvalue weighted by molar-refractivity contribution is 0.283. The van der Waals surface area contributed by atoms with Gasteiger partial charge >= 0.3 is 0 Å². The molecule has 1 aliphatic rings. The van der Waals surface area contributed by atoms with E-state index in [0.29, 0.717) is 12.6 Å². The van der Waals surface area contributed by atoms with Crippen molar-refractivity contribution in [2.75, 3.05) is 18.1 Å². The fourth-order valence-electron chi connectivity index (χ4n) is 2.39. The van der Waals surface area contributed by atoms with Crippen LogP contribution in [-0.4, -0.2) is 24.3 Å². The van der Waals surface area contributed by atoms with E-state index in [0.717, 1.165) is 10.0 Å². The molecule has 1 aliphatic carbocycles. The van der Waals surface area contributed by atoms with Gasteiger partial charge in [0.25, 0.3) is 0 Å². The van der Waals surface area contributed by atoms with E-state index in [1.165, 1.54) is 24.9 Å². The van der Waals surface area contributed by atoms with Crippen LogP contribution in [0, 0.1) is 0 Å². The van der Waals surface area contributed by atoms with E-state index < -0.39 is 0 Å². The predicted octanol–water partition coefficient (Wildman–Crippen LogP) is 2.82. The van der Waals surface area contributed by atoms with E-state index >= 15 is 0 Å². The molecule has 0 spiro atoms. The molecule has 1 saturated carbocycles. The molecule has 1 atom stereocenters. The first-order valence-electron chi connectivity index (χ1n) is 6.56. The molecule has 0 bridgehead atoms. The molecule has 0 unspecified atom stereocenters. The van der Waals surface area contributed by atoms with Crippen LogP contribution in [0.1, 0.15) is 37.8 Å². The maximum absolute atomic E-state index is 9.21. The van der Waals surface area contributed by atoms with Gasteiger partial charge in [0.1, 0.15) is 0 Å². The van der Waals surface area contributed by atoms with Gasteiger partial charge in [-0.15, -0.1) is 0 Å². The number of rotatable bonds is 5. The van der Waals surface area contributed by atoms with Crippen LogP contribution in [0.5, 0.6) is 0 Å². The SMILES string of the molecule is C[C@@H](N)c1ccc(N(CCO)C2CCC2)cc1Br. The second-order valence-electron chi connectivity index (χ2n) is 5.00. The maximum Gasteiger partial charge on any atom is 0.0606 e. The molecule has 3 nitrogen and oxygen atoms in total. The number of anilines is 1. The van der Waals surface area contributed by atoms with Crippen LogP contribution in [0.3, 0.4) is 0 Å². The molecule has 100 valence electrons.